The average Bonchev–Trinajstić information content (AvgIpc) is 3.08. The summed E-state index contributed by atoms with van der Waals surface area (Å²) in [5.41, 5.74) is 1.19. The Labute approximate surface area is 142 Å². The zero-order valence-electron chi connectivity index (χ0n) is 13.8. The molecular weight excluding hydrogens is 304 g/mol. The van der Waals surface area contributed by atoms with Crippen LogP contribution in [0.25, 0.3) is 0 Å². The molecule has 0 radical (unpaired) electrons. The minimum absolute atomic E-state index is 0.0260. The molecule has 0 bridgehead atoms. The van der Waals surface area contributed by atoms with Crippen LogP contribution in [0.5, 0.6) is 0 Å². The topological polar surface area (TPSA) is 85.2 Å². The number of nitriles is 1. The first-order valence-electron chi connectivity index (χ1n) is 8.41. The van der Waals surface area contributed by atoms with Crippen LogP contribution in [0.3, 0.4) is 0 Å². The number of amides is 2. The lowest BCUT2D eigenvalue weighted by molar-refractivity contribution is -0.130. The standard InChI is InChI=1S/C18H24N4O2/c19-13-16-7-4-12-22(16)18(24)14-20-10-9-17(23)21-11-8-15-5-2-1-3-6-15/h1-3,5-6,16,20H,4,7-12,14H2,(H,21,23)/t16-/m0/s1. The molecule has 1 aliphatic rings. The maximum atomic E-state index is 12.0. The number of carbonyl (C=O) groups excluding carboxylic acids is 2. The van der Waals surface area contributed by atoms with Crippen LogP contribution >= 0.6 is 0 Å². The molecule has 0 spiro atoms. The Hall–Kier alpha value is -2.39. The van der Waals surface area contributed by atoms with E-state index in [0.717, 1.165) is 19.3 Å². The van der Waals surface area contributed by atoms with Crippen LogP contribution < -0.4 is 10.6 Å². The number of carbonyl (C=O) groups is 2. The van der Waals surface area contributed by atoms with Crippen molar-refractivity contribution >= 4 is 11.8 Å². The second-order valence-electron chi connectivity index (χ2n) is 5.89. The minimum Gasteiger partial charge on any atom is -0.356 e. The first-order chi connectivity index (χ1) is 11.7. The summed E-state index contributed by atoms with van der Waals surface area (Å²) in [6.45, 7) is 1.89. The van der Waals surface area contributed by atoms with Gasteiger partial charge in [-0.05, 0) is 24.8 Å². The monoisotopic (exact) mass is 328 g/mol. The molecule has 0 aliphatic carbocycles. The van der Waals surface area contributed by atoms with Crippen LogP contribution in [0.4, 0.5) is 0 Å². The van der Waals surface area contributed by atoms with Crippen molar-refractivity contribution in [2.75, 3.05) is 26.2 Å². The van der Waals surface area contributed by atoms with Crippen molar-refractivity contribution in [1.82, 2.24) is 15.5 Å². The molecule has 2 rings (SSSR count). The fourth-order valence-electron chi connectivity index (χ4n) is 2.78. The first-order valence-corrected chi connectivity index (χ1v) is 8.41. The van der Waals surface area contributed by atoms with E-state index < -0.39 is 0 Å². The van der Waals surface area contributed by atoms with E-state index in [4.69, 9.17) is 5.26 Å². The molecule has 6 nitrogen and oxygen atoms in total. The Morgan fingerprint density at radius 3 is 2.79 bits per heavy atom. The van der Waals surface area contributed by atoms with Gasteiger partial charge in [0.2, 0.25) is 11.8 Å². The third-order valence-corrected chi connectivity index (χ3v) is 4.11. The molecule has 1 atom stereocenters. The highest BCUT2D eigenvalue weighted by Crippen LogP contribution is 2.15. The van der Waals surface area contributed by atoms with Crippen LogP contribution in [0, 0.1) is 11.3 Å². The molecule has 1 heterocycles. The van der Waals surface area contributed by atoms with E-state index >= 15 is 0 Å². The number of hydrogen-bond acceptors (Lipinski definition) is 4. The van der Waals surface area contributed by atoms with Gasteiger partial charge in [0.25, 0.3) is 0 Å². The van der Waals surface area contributed by atoms with Gasteiger partial charge in [-0.1, -0.05) is 30.3 Å². The largest absolute Gasteiger partial charge is 0.356 e. The Morgan fingerprint density at radius 2 is 2.04 bits per heavy atom. The van der Waals surface area contributed by atoms with E-state index in [-0.39, 0.29) is 24.4 Å². The number of rotatable bonds is 8. The van der Waals surface area contributed by atoms with Crippen LogP contribution in [-0.4, -0.2) is 48.9 Å². The van der Waals surface area contributed by atoms with Gasteiger partial charge in [-0.2, -0.15) is 5.26 Å². The van der Waals surface area contributed by atoms with E-state index in [9.17, 15) is 9.59 Å². The second kappa shape index (κ2) is 9.68. The van der Waals surface area contributed by atoms with Gasteiger partial charge in [0.1, 0.15) is 6.04 Å². The summed E-state index contributed by atoms with van der Waals surface area (Å²) >= 11 is 0. The fourth-order valence-corrected chi connectivity index (χ4v) is 2.78. The lowest BCUT2D eigenvalue weighted by atomic mass is 10.1. The zero-order valence-corrected chi connectivity index (χ0v) is 13.8. The van der Waals surface area contributed by atoms with Gasteiger partial charge in [0.15, 0.2) is 0 Å². The second-order valence-corrected chi connectivity index (χ2v) is 5.89. The molecule has 2 N–H and O–H groups in total. The minimum atomic E-state index is -0.291. The number of nitrogens with zero attached hydrogens (tertiary/aromatic N) is 2. The Bertz CT molecular complexity index is 582. The quantitative estimate of drug-likeness (QED) is 0.693. The van der Waals surface area contributed by atoms with E-state index in [1.807, 2.05) is 30.3 Å². The molecule has 0 saturated carbocycles. The van der Waals surface area contributed by atoms with Crippen molar-refractivity contribution in [3.63, 3.8) is 0 Å². The van der Waals surface area contributed by atoms with E-state index in [1.165, 1.54) is 5.56 Å². The van der Waals surface area contributed by atoms with Gasteiger partial charge in [0, 0.05) is 26.1 Å². The van der Waals surface area contributed by atoms with Crippen molar-refractivity contribution < 1.29 is 9.59 Å². The van der Waals surface area contributed by atoms with Gasteiger partial charge in [-0.25, -0.2) is 0 Å². The molecule has 1 fully saturated rings. The Kier molecular flexibility index (Phi) is 7.24. The summed E-state index contributed by atoms with van der Waals surface area (Å²) < 4.78 is 0. The summed E-state index contributed by atoms with van der Waals surface area (Å²) in [5, 5.41) is 14.8. The molecule has 1 aromatic carbocycles. The molecule has 128 valence electrons. The van der Waals surface area contributed by atoms with Gasteiger partial charge in [0.05, 0.1) is 12.6 Å². The van der Waals surface area contributed by atoms with Crippen molar-refractivity contribution in [2.24, 2.45) is 0 Å². The Morgan fingerprint density at radius 1 is 1.25 bits per heavy atom. The van der Waals surface area contributed by atoms with Crippen LogP contribution in [-0.2, 0) is 16.0 Å². The van der Waals surface area contributed by atoms with Gasteiger partial charge in [-0.3, -0.25) is 9.59 Å². The summed E-state index contributed by atoms with van der Waals surface area (Å²) in [7, 11) is 0. The van der Waals surface area contributed by atoms with E-state index in [2.05, 4.69) is 16.7 Å². The summed E-state index contributed by atoms with van der Waals surface area (Å²) in [6.07, 6.45) is 2.78. The van der Waals surface area contributed by atoms with Crippen LogP contribution in [0.15, 0.2) is 30.3 Å². The van der Waals surface area contributed by atoms with Gasteiger partial charge >= 0.3 is 0 Å². The third-order valence-electron chi connectivity index (χ3n) is 4.11. The number of benzene rings is 1. The lowest BCUT2D eigenvalue weighted by Gasteiger charge is -2.19. The molecule has 0 aromatic heterocycles. The SMILES string of the molecule is N#C[C@@H]1CCCN1C(=O)CNCCC(=O)NCCc1ccccc1. The highest BCUT2D eigenvalue weighted by Gasteiger charge is 2.27. The predicted octanol–water partition coefficient (Wildman–Crippen LogP) is 0.840. The highest BCUT2D eigenvalue weighted by molar-refractivity contribution is 5.79. The molecule has 6 heteroatoms. The smallest absolute Gasteiger partial charge is 0.237 e. The molecule has 1 aromatic rings. The van der Waals surface area contributed by atoms with Crippen molar-refractivity contribution in [3.8, 4) is 6.07 Å². The van der Waals surface area contributed by atoms with Gasteiger partial charge < -0.3 is 15.5 Å². The van der Waals surface area contributed by atoms with Gasteiger partial charge in [-0.15, -0.1) is 0 Å². The van der Waals surface area contributed by atoms with Crippen molar-refractivity contribution in [3.05, 3.63) is 35.9 Å². The normalized spacial score (nSPS) is 16.6. The van der Waals surface area contributed by atoms with Crippen LogP contribution in [0.2, 0.25) is 0 Å². The first kappa shape index (κ1) is 18.0. The zero-order chi connectivity index (χ0) is 17.2. The Balaban J connectivity index is 1.54. The summed E-state index contributed by atoms with van der Waals surface area (Å²) in [4.78, 5) is 25.4. The summed E-state index contributed by atoms with van der Waals surface area (Å²) in [6, 6.07) is 11.9. The molecule has 24 heavy (non-hydrogen) atoms. The number of likely N-dealkylation sites (tertiary alicyclic amines) is 1. The van der Waals surface area contributed by atoms with Crippen molar-refractivity contribution in [1.29, 1.82) is 5.26 Å². The average molecular weight is 328 g/mol. The third kappa shape index (κ3) is 5.67. The molecule has 1 saturated heterocycles. The van der Waals surface area contributed by atoms with E-state index in [0.29, 0.717) is 26.1 Å². The maximum absolute atomic E-state index is 12.0. The highest BCUT2D eigenvalue weighted by atomic mass is 16.2. The summed E-state index contributed by atoms with van der Waals surface area (Å²) in [5.74, 6) is -0.0921. The molecule has 1 aliphatic heterocycles. The number of nitrogens with one attached hydrogen (secondary N) is 2. The predicted molar refractivity (Wildman–Crippen MR) is 91.0 cm³/mol. The number of hydrogen-bond donors (Lipinski definition) is 2. The molecule has 2 amide bonds. The van der Waals surface area contributed by atoms with Crippen LogP contribution in [0.1, 0.15) is 24.8 Å². The lowest BCUT2D eigenvalue weighted by Crippen LogP contribution is -2.41. The molecule has 0 unspecified atom stereocenters. The molecular formula is C18H24N4O2. The van der Waals surface area contributed by atoms with Crippen molar-refractivity contribution in [2.45, 2.75) is 31.7 Å². The maximum Gasteiger partial charge on any atom is 0.237 e. The fraction of sp³-hybridized carbons (Fsp3) is 0.500. The van der Waals surface area contributed by atoms with E-state index in [1.54, 1.807) is 4.90 Å².